The lowest BCUT2D eigenvalue weighted by atomic mass is 9.96. The summed E-state index contributed by atoms with van der Waals surface area (Å²) in [6, 6.07) is 15.5. The van der Waals surface area contributed by atoms with Crippen LogP contribution in [0.15, 0.2) is 60.8 Å². The number of pyridine rings is 1. The third-order valence-corrected chi connectivity index (χ3v) is 5.20. The van der Waals surface area contributed by atoms with Crippen LogP contribution in [0.3, 0.4) is 0 Å². The fourth-order valence-corrected chi connectivity index (χ4v) is 3.50. The number of aromatic nitrogens is 5. The minimum Gasteiger partial charge on any atom is -0.346 e. The Kier molecular flexibility index (Phi) is 6.02. The maximum Gasteiger partial charge on any atom is 0.251 e. The highest BCUT2D eigenvalue weighted by molar-refractivity contribution is 5.98. The average molecular weight is 430 g/mol. The van der Waals surface area contributed by atoms with Crippen molar-refractivity contribution in [2.45, 2.75) is 33.2 Å². The molecule has 2 aromatic heterocycles. The van der Waals surface area contributed by atoms with Crippen molar-refractivity contribution in [2.75, 3.05) is 0 Å². The Morgan fingerprint density at radius 2 is 1.91 bits per heavy atom. The van der Waals surface area contributed by atoms with E-state index in [0.717, 1.165) is 5.69 Å². The topological polar surface area (TPSA) is 85.6 Å². The zero-order chi connectivity index (χ0) is 22.7. The minimum absolute atomic E-state index is 0.0583. The van der Waals surface area contributed by atoms with Crippen LogP contribution in [0.5, 0.6) is 0 Å². The molecule has 7 nitrogen and oxygen atoms in total. The number of nitrogens with one attached hydrogen (secondary N) is 1. The van der Waals surface area contributed by atoms with Crippen molar-refractivity contribution in [3.05, 3.63) is 89.3 Å². The number of nitrogens with zero attached hydrogens (tertiary/aromatic N) is 5. The van der Waals surface area contributed by atoms with Crippen molar-refractivity contribution < 1.29 is 9.18 Å². The van der Waals surface area contributed by atoms with Gasteiger partial charge >= 0.3 is 0 Å². The Hall–Kier alpha value is -3.94. The molecule has 0 aliphatic carbocycles. The standard InChI is InChI=1S/C24H23FN6O/c1-15(2)23-28-29-30-31(23)22-13-17(19-9-4-5-10-21(19)25)12-20(16(22)3)24(32)27-14-18-8-6-7-11-26-18/h4-13,15H,14H2,1-3H3,(H,27,32). The number of carbonyl (C=O) groups is 1. The second-order valence-electron chi connectivity index (χ2n) is 7.76. The van der Waals surface area contributed by atoms with Crippen molar-refractivity contribution in [1.29, 1.82) is 0 Å². The first-order valence-corrected chi connectivity index (χ1v) is 10.3. The van der Waals surface area contributed by atoms with Crippen molar-refractivity contribution >= 4 is 5.91 Å². The summed E-state index contributed by atoms with van der Waals surface area (Å²) < 4.78 is 16.2. The van der Waals surface area contributed by atoms with Gasteiger partial charge in [-0.15, -0.1) is 5.10 Å². The normalized spacial score (nSPS) is 11.0. The summed E-state index contributed by atoms with van der Waals surface area (Å²) in [6.07, 6.45) is 1.68. The molecule has 4 aromatic rings. The Bertz CT molecular complexity index is 1250. The summed E-state index contributed by atoms with van der Waals surface area (Å²) >= 11 is 0. The number of amides is 1. The van der Waals surface area contributed by atoms with E-state index in [1.54, 1.807) is 35.1 Å². The fraction of sp³-hybridized carbons (Fsp3) is 0.208. The molecule has 0 atom stereocenters. The predicted molar refractivity (Wildman–Crippen MR) is 119 cm³/mol. The molecule has 2 heterocycles. The minimum atomic E-state index is -0.372. The van der Waals surface area contributed by atoms with Gasteiger partial charge in [0.2, 0.25) is 0 Å². The number of rotatable bonds is 6. The molecule has 2 aromatic carbocycles. The first-order valence-electron chi connectivity index (χ1n) is 10.3. The SMILES string of the molecule is Cc1c(C(=O)NCc2ccccn2)cc(-c2ccccc2F)cc1-n1nnnc1C(C)C. The molecule has 0 saturated heterocycles. The summed E-state index contributed by atoms with van der Waals surface area (Å²) in [4.78, 5) is 17.4. The van der Waals surface area contributed by atoms with E-state index >= 15 is 0 Å². The Labute approximate surface area is 185 Å². The maximum atomic E-state index is 14.6. The third kappa shape index (κ3) is 4.25. The molecular formula is C24H23FN6O. The van der Waals surface area contributed by atoms with E-state index in [9.17, 15) is 9.18 Å². The number of tetrazole rings is 1. The van der Waals surface area contributed by atoms with Crippen molar-refractivity contribution in [1.82, 2.24) is 30.5 Å². The molecule has 0 fully saturated rings. The number of halogens is 1. The molecule has 162 valence electrons. The molecule has 0 bridgehead atoms. The quantitative estimate of drug-likeness (QED) is 0.495. The molecule has 1 N–H and O–H groups in total. The van der Waals surface area contributed by atoms with Crippen LogP contribution < -0.4 is 5.32 Å². The Balaban J connectivity index is 1.81. The second-order valence-corrected chi connectivity index (χ2v) is 7.76. The van der Waals surface area contributed by atoms with E-state index in [-0.39, 0.29) is 24.2 Å². The molecule has 32 heavy (non-hydrogen) atoms. The number of carbonyl (C=O) groups excluding carboxylic acids is 1. The van der Waals surface area contributed by atoms with Crippen LogP contribution >= 0.6 is 0 Å². The van der Waals surface area contributed by atoms with Gasteiger partial charge in [0, 0.05) is 23.2 Å². The Morgan fingerprint density at radius 3 is 2.62 bits per heavy atom. The average Bonchev–Trinajstić information content (AvgIpc) is 3.29. The number of hydrogen-bond acceptors (Lipinski definition) is 5. The Morgan fingerprint density at radius 1 is 1.12 bits per heavy atom. The van der Waals surface area contributed by atoms with Gasteiger partial charge in [-0.25, -0.2) is 4.39 Å². The van der Waals surface area contributed by atoms with Crippen molar-refractivity contribution in [2.24, 2.45) is 0 Å². The van der Waals surface area contributed by atoms with Gasteiger partial charge in [0.25, 0.3) is 5.91 Å². The molecule has 0 saturated carbocycles. The molecule has 8 heteroatoms. The summed E-state index contributed by atoms with van der Waals surface area (Å²) in [6.45, 7) is 6.08. The predicted octanol–water partition coefficient (Wildman–Crippen LogP) is 4.23. The van der Waals surface area contributed by atoms with Crippen molar-refractivity contribution in [3.63, 3.8) is 0 Å². The molecule has 1 amide bonds. The first kappa shape index (κ1) is 21.3. The maximum absolute atomic E-state index is 14.6. The van der Waals surface area contributed by atoms with Crippen LogP contribution in [0, 0.1) is 12.7 Å². The van der Waals surface area contributed by atoms with Gasteiger partial charge in [0.1, 0.15) is 5.82 Å². The van der Waals surface area contributed by atoms with Gasteiger partial charge in [-0.1, -0.05) is 38.1 Å². The van der Waals surface area contributed by atoms with Gasteiger partial charge in [-0.3, -0.25) is 9.78 Å². The van der Waals surface area contributed by atoms with E-state index in [1.807, 2.05) is 45.0 Å². The summed E-state index contributed by atoms with van der Waals surface area (Å²) in [5.74, 6) is 0.0521. The first-order chi connectivity index (χ1) is 15.5. The van der Waals surface area contributed by atoms with E-state index in [1.165, 1.54) is 6.07 Å². The van der Waals surface area contributed by atoms with Gasteiger partial charge in [-0.05, 0) is 58.8 Å². The molecular weight excluding hydrogens is 407 g/mol. The van der Waals surface area contributed by atoms with Gasteiger partial charge in [-0.2, -0.15) is 4.68 Å². The highest BCUT2D eigenvalue weighted by atomic mass is 19.1. The molecule has 0 spiro atoms. The van der Waals surface area contributed by atoms with Gasteiger partial charge < -0.3 is 5.32 Å². The van der Waals surface area contributed by atoms with E-state index in [4.69, 9.17) is 0 Å². The zero-order valence-electron chi connectivity index (χ0n) is 18.1. The smallest absolute Gasteiger partial charge is 0.251 e. The summed E-state index contributed by atoms with van der Waals surface area (Å²) in [5, 5.41) is 15.0. The monoisotopic (exact) mass is 430 g/mol. The second kappa shape index (κ2) is 9.05. The molecule has 0 aliphatic heterocycles. The van der Waals surface area contributed by atoms with Crippen LogP contribution in [0.2, 0.25) is 0 Å². The molecule has 4 rings (SSSR count). The molecule has 0 radical (unpaired) electrons. The zero-order valence-corrected chi connectivity index (χ0v) is 18.1. The number of hydrogen-bond donors (Lipinski definition) is 1. The fourth-order valence-electron chi connectivity index (χ4n) is 3.50. The van der Waals surface area contributed by atoms with Crippen LogP contribution in [0.1, 0.15) is 47.2 Å². The van der Waals surface area contributed by atoms with Crippen LogP contribution in [-0.4, -0.2) is 31.1 Å². The summed E-state index contributed by atoms with van der Waals surface area (Å²) in [7, 11) is 0. The van der Waals surface area contributed by atoms with Crippen LogP contribution in [0.4, 0.5) is 4.39 Å². The largest absolute Gasteiger partial charge is 0.346 e. The van der Waals surface area contributed by atoms with Crippen molar-refractivity contribution in [3.8, 4) is 16.8 Å². The molecule has 0 unspecified atom stereocenters. The lowest BCUT2D eigenvalue weighted by Crippen LogP contribution is -2.25. The highest BCUT2D eigenvalue weighted by Gasteiger charge is 2.20. The molecule has 0 aliphatic rings. The van der Waals surface area contributed by atoms with Gasteiger partial charge in [0.15, 0.2) is 5.82 Å². The third-order valence-electron chi connectivity index (χ3n) is 5.20. The van der Waals surface area contributed by atoms with Gasteiger partial charge in [0.05, 0.1) is 17.9 Å². The van der Waals surface area contributed by atoms with Crippen LogP contribution in [0.25, 0.3) is 16.8 Å². The lowest BCUT2D eigenvalue weighted by molar-refractivity contribution is 0.0949. The van der Waals surface area contributed by atoms with E-state index < -0.39 is 0 Å². The summed E-state index contributed by atoms with van der Waals surface area (Å²) in [5.41, 5.74) is 3.44. The number of benzene rings is 2. The highest BCUT2D eigenvalue weighted by Crippen LogP contribution is 2.30. The van der Waals surface area contributed by atoms with E-state index in [2.05, 4.69) is 25.8 Å². The van der Waals surface area contributed by atoms with Crippen LogP contribution in [-0.2, 0) is 6.54 Å². The van der Waals surface area contributed by atoms with E-state index in [0.29, 0.717) is 33.8 Å². The lowest BCUT2D eigenvalue weighted by Gasteiger charge is -2.16.